The smallest absolute Gasteiger partial charge is 0.186 e. The van der Waals surface area contributed by atoms with Crippen LogP contribution in [0.2, 0.25) is 0 Å². The first-order chi connectivity index (χ1) is 12.1. The van der Waals surface area contributed by atoms with Crippen molar-refractivity contribution in [3.63, 3.8) is 0 Å². The van der Waals surface area contributed by atoms with Crippen LogP contribution in [0.1, 0.15) is 10.4 Å². The highest BCUT2D eigenvalue weighted by molar-refractivity contribution is 8.00. The van der Waals surface area contributed by atoms with Gasteiger partial charge in [0, 0.05) is 5.39 Å². The molecule has 4 nitrogen and oxygen atoms in total. The molecule has 0 fully saturated rings. The number of halogens is 2. The zero-order valence-corrected chi connectivity index (χ0v) is 13.5. The van der Waals surface area contributed by atoms with Gasteiger partial charge in [0.2, 0.25) is 0 Å². The summed E-state index contributed by atoms with van der Waals surface area (Å²) in [6, 6.07) is 10.7. The Balaban J connectivity index is 1.66. The third kappa shape index (κ3) is 2.76. The fourth-order valence-electron chi connectivity index (χ4n) is 2.58. The molecule has 0 unspecified atom stereocenters. The van der Waals surface area contributed by atoms with Crippen LogP contribution in [0.15, 0.2) is 58.2 Å². The molecule has 124 valence electrons. The van der Waals surface area contributed by atoms with Crippen molar-refractivity contribution in [2.24, 2.45) is 0 Å². The summed E-state index contributed by atoms with van der Waals surface area (Å²) in [6.45, 7) is 0. The highest BCUT2D eigenvalue weighted by atomic mass is 32.2. The molecule has 0 aliphatic heterocycles. The van der Waals surface area contributed by atoms with Crippen molar-refractivity contribution in [1.82, 2.24) is 9.97 Å². The number of hydrogen-bond donors (Lipinski definition) is 0. The lowest BCUT2D eigenvalue weighted by Crippen LogP contribution is -2.08. The molecule has 0 spiro atoms. The van der Waals surface area contributed by atoms with Gasteiger partial charge in [0.15, 0.2) is 11.4 Å². The maximum Gasteiger partial charge on any atom is 0.186 e. The predicted octanol–water partition coefficient (Wildman–Crippen LogP) is 4.63. The Bertz CT molecular complexity index is 1090. The van der Waals surface area contributed by atoms with Gasteiger partial charge >= 0.3 is 0 Å². The normalized spacial score (nSPS) is 11.3. The van der Waals surface area contributed by atoms with Crippen LogP contribution in [-0.4, -0.2) is 21.5 Å². The summed E-state index contributed by atoms with van der Waals surface area (Å²) in [7, 11) is 0. The van der Waals surface area contributed by atoms with E-state index in [0.717, 1.165) is 29.3 Å². The highest BCUT2D eigenvalue weighted by Crippen LogP contribution is 2.32. The van der Waals surface area contributed by atoms with Gasteiger partial charge in [0.05, 0.1) is 11.3 Å². The van der Waals surface area contributed by atoms with Gasteiger partial charge in [-0.05, 0) is 24.3 Å². The Hall–Kier alpha value is -2.80. The van der Waals surface area contributed by atoms with Gasteiger partial charge in [0.1, 0.15) is 34.1 Å². The number of carbonyl (C=O) groups excluding carboxylic acids is 1. The number of para-hydroxylation sites is 1. The van der Waals surface area contributed by atoms with Crippen LogP contribution in [0.5, 0.6) is 0 Å². The molecule has 2 heterocycles. The molecule has 0 aliphatic carbocycles. The maximum atomic E-state index is 13.7. The summed E-state index contributed by atoms with van der Waals surface area (Å²) in [5.41, 5.74) is 1.21. The minimum atomic E-state index is -0.873. The molecule has 0 amide bonds. The van der Waals surface area contributed by atoms with Crippen molar-refractivity contribution in [2.75, 3.05) is 5.75 Å². The zero-order valence-electron chi connectivity index (χ0n) is 12.7. The predicted molar refractivity (Wildman–Crippen MR) is 90.7 cm³/mol. The molecule has 0 saturated carbocycles. The lowest BCUT2D eigenvalue weighted by atomic mass is 10.1. The summed E-state index contributed by atoms with van der Waals surface area (Å²) in [6.07, 6.45) is 1.38. The molecule has 0 N–H and O–H groups in total. The second-order valence-corrected chi connectivity index (χ2v) is 6.23. The third-order valence-electron chi connectivity index (χ3n) is 3.71. The van der Waals surface area contributed by atoms with Gasteiger partial charge in [0.25, 0.3) is 0 Å². The molecule has 0 aliphatic rings. The molecule has 0 bridgehead atoms. The third-order valence-corrected chi connectivity index (χ3v) is 4.68. The summed E-state index contributed by atoms with van der Waals surface area (Å²) in [5.74, 6) is -2.56. The Kier molecular flexibility index (Phi) is 3.93. The van der Waals surface area contributed by atoms with Gasteiger partial charge in [-0.15, -0.1) is 0 Å². The van der Waals surface area contributed by atoms with Crippen molar-refractivity contribution >= 4 is 39.6 Å². The lowest BCUT2D eigenvalue weighted by Gasteiger charge is -2.04. The van der Waals surface area contributed by atoms with Gasteiger partial charge in [-0.25, -0.2) is 18.7 Å². The topological polar surface area (TPSA) is 56.0 Å². The Labute approximate surface area is 144 Å². The molecule has 2 aromatic heterocycles. The van der Waals surface area contributed by atoms with Gasteiger partial charge in [-0.2, -0.15) is 0 Å². The van der Waals surface area contributed by atoms with E-state index in [0.29, 0.717) is 21.7 Å². The molecular formula is C18H10F2N2O2S. The number of benzene rings is 2. The van der Waals surface area contributed by atoms with E-state index in [1.165, 1.54) is 12.4 Å². The van der Waals surface area contributed by atoms with E-state index in [9.17, 15) is 13.6 Å². The first-order valence-corrected chi connectivity index (χ1v) is 8.36. The second-order valence-electron chi connectivity index (χ2n) is 5.26. The highest BCUT2D eigenvalue weighted by Gasteiger charge is 2.19. The number of aromatic nitrogens is 2. The van der Waals surface area contributed by atoms with Crippen molar-refractivity contribution in [2.45, 2.75) is 5.03 Å². The van der Waals surface area contributed by atoms with Crippen molar-refractivity contribution < 1.29 is 18.0 Å². The van der Waals surface area contributed by atoms with Crippen LogP contribution in [0.25, 0.3) is 22.1 Å². The quantitative estimate of drug-likeness (QED) is 0.303. The number of thioether (sulfide) groups is 1. The maximum absolute atomic E-state index is 13.7. The zero-order chi connectivity index (χ0) is 17.4. The Morgan fingerprint density at radius 3 is 2.60 bits per heavy atom. The van der Waals surface area contributed by atoms with Crippen molar-refractivity contribution in [3.05, 3.63) is 66.0 Å². The minimum absolute atomic E-state index is 0.166. The van der Waals surface area contributed by atoms with E-state index < -0.39 is 23.0 Å². The SMILES string of the molecule is O=C(CSc1ncnc2c1oc1ccccc12)c1c(F)cccc1F. The van der Waals surface area contributed by atoms with Crippen molar-refractivity contribution in [3.8, 4) is 0 Å². The van der Waals surface area contributed by atoms with Crippen LogP contribution in [0.4, 0.5) is 8.78 Å². The number of hydrogen-bond acceptors (Lipinski definition) is 5. The number of Topliss-reactive ketones (excluding diaryl/α,β-unsaturated/α-hetero) is 1. The molecule has 25 heavy (non-hydrogen) atoms. The van der Waals surface area contributed by atoms with E-state index in [1.54, 1.807) is 0 Å². The van der Waals surface area contributed by atoms with E-state index in [2.05, 4.69) is 9.97 Å². The van der Waals surface area contributed by atoms with Crippen molar-refractivity contribution in [1.29, 1.82) is 0 Å². The van der Waals surface area contributed by atoms with Gasteiger partial charge < -0.3 is 4.42 Å². The van der Waals surface area contributed by atoms with Crippen LogP contribution in [0.3, 0.4) is 0 Å². The van der Waals surface area contributed by atoms with Gasteiger partial charge in [-0.1, -0.05) is 30.0 Å². The number of ketones is 1. The fraction of sp³-hybridized carbons (Fsp3) is 0.0556. The number of carbonyl (C=O) groups is 1. The van der Waals surface area contributed by atoms with Gasteiger partial charge in [-0.3, -0.25) is 4.79 Å². The van der Waals surface area contributed by atoms with Crippen LogP contribution < -0.4 is 0 Å². The second kappa shape index (κ2) is 6.25. The molecule has 2 aromatic carbocycles. The molecule has 4 aromatic rings. The molecule has 0 atom stereocenters. The van der Waals surface area contributed by atoms with Crippen LogP contribution >= 0.6 is 11.8 Å². The molecule has 0 radical (unpaired) electrons. The monoisotopic (exact) mass is 356 g/mol. The average Bonchev–Trinajstić information content (AvgIpc) is 2.99. The standard InChI is InChI=1S/C18H10F2N2O2S/c19-11-5-3-6-12(20)15(11)13(23)8-25-18-17-16(21-9-22-18)10-4-1-2-7-14(10)24-17/h1-7,9H,8H2. The van der Waals surface area contributed by atoms with E-state index in [1.807, 2.05) is 24.3 Å². The van der Waals surface area contributed by atoms with E-state index >= 15 is 0 Å². The minimum Gasteiger partial charge on any atom is -0.451 e. The van der Waals surface area contributed by atoms with E-state index in [4.69, 9.17) is 4.42 Å². The number of fused-ring (bicyclic) bond motifs is 3. The van der Waals surface area contributed by atoms with Crippen LogP contribution in [0, 0.1) is 11.6 Å². The lowest BCUT2D eigenvalue weighted by molar-refractivity contribution is 0.101. The molecule has 7 heteroatoms. The number of furan rings is 1. The Morgan fingerprint density at radius 2 is 1.80 bits per heavy atom. The number of nitrogens with zero attached hydrogens (tertiary/aromatic N) is 2. The molecule has 0 saturated heterocycles. The summed E-state index contributed by atoms with van der Waals surface area (Å²) < 4.78 is 33.2. The van der Waals surface area contributed by atoms with E-state index in [-0.39, 0.29) is 5.75 Å². The summed E-state index contributed by atoms with van der Waals surface area (Å²) in [4.78, 5) is 20.5. The summed E-state index contributed by atoms with van der Waals surface area (Å²) >= 11 is 1.06. The Morgan fingerprint density at radius 1 is 1.04 bits per heavy atom. The average molecular weight is 356 g/mol. The summed E-state index contributed by atoms with van der Waals surface area (Å²) in [5, 5.41) is 1.29. The number of rotatable bonds is 4. The van der Waals surface area contributed by atoms with Crippen LogP contribution in [-0.2, 0) is 0 Å². The molecule has 4 rings (SSSR count). The molecular weight excluding hydrogens is 346 g/mol. The fourth-order valence-corrected chi connectivity index (χ4v) is 3.38. The largest absolute Gasteiger partial charge is 0.451 e. The first-order valence-electron chi connectivity index (χ1n) is 7.37. The first kappa shape index (κ1) is 15.7.